The lowest BCUT2D eigenvalue weighted by atomic mass is 10.2. The minimum atomic E-state index is -1.04. The second-order valence-electron chi connectivity index (χ2n) is 4.28. The number of amides is 1. The Bertz CT molecular complexity index is 432. The summed E-state index contributed by atoms with van der Waals surface area (Å²) in [5, 5.41) is 12.9. The molecule has 1 aromatic rings. The molecule has 1 unspecified atom stereocenters. The first-order chi connectivity index (χ1) is 8.56. The van der Waals surface area contributed by atoms with Crippen molar-refractivity contribution in [2.24, 2.45) is 0 Å². The first kappa shape index (κ1) is 12.6. The van der Waals surface area contributed by atoms with Gasteiger partial charge in [-0.05, 0) is 13.0 Å². The fraction of sp³-hybridized carbons (Fsp3) is 0.545. The Hall–Kier alpha value is -1.89. The Morgan fingerprint density at radius 3 is 2.89 bits per heavy atom. The van der Waals surface area contributed by atoms with E-state index in [1.165, 1.54) is 9.58 Å². The van der Waals surface area contributed by atoms with Crippen LogP contribution in [0.1, 0.15) is 6.92 Å². The van der Waals surface area contributed by atoms with Gasteiger partial charge < -0.3 is 14.7 Å². The van der Waals surface area contributed by atoms with Crippen molar-refractivity contribution in [2.45, 2.75) is 25.7 Å². The predicted molar refractivity (Wildman–Crippen MR) is 60.8 cm³/mol. The number of rotatable bonds is 3. The highest BCUT2D eigenvalue weighted by molar-refractivity contribution is 5.78. The van der Waals surface area contributed by atoms with Crippen LogP contribution in [-0.2, 0) is 20.9 Å². The number of ether oxygens (including phenoxy) is 1. The zero-order chi connectivity index (χ0) is 13.1. The van der Waals surface area contributed by atoms with Gasteiger partial charge in [0.15, 0.2) is 6.10 Å². The molecule has 0 spiro atoms. The minimum absolute atomic E-state index is 0.0831. The highest BCUT2D eigenvalue weighted by atomic mass is 16.5. The summed E-state index contributed by atoms with van der Waals surface area (Å²) >= 11 is 0. The summed E-state index contributed by atoms with van der Waals surface area (Å²) in [7, 11) is 0. The first-order valence-electron chi connectivity index (χ1n) is 5.69. The van der Waals surface area contributed by atoms with Gasteiger partial charge in [-0.1, -0.05) is 0 Å². The number of aliphatic carboxylic acids is 1. The summed E-state index contributed by atoms with van der Waals surface area (Å²) in [4.78, 5) is 24.4. The van der Waals surface area contributed by atoms with Gasteiger partial charge >= 0.3 is 5.97 Å². The van der Waals surface area contributed by atoms with Crippen molar-refractivity contribution in [1.29, 1.82) is 0 Å². The molecule has 18 heavy (non-hydrogen) atoms. The van der Waals surface area contributed by atoms with Crippen molar-refractivity contribution in [3.8, 4) is 0 Å². The molecule has 1 aliphatic rings. The summed E-state index contributed by atoms with van der Waals surface area (Å²) in [6.07, 6.45) is 2.06. The zero-order valence-electron chi connectivity index (χ0n) is 10.0. The smallest absolute Gasteiger partial charge is 0.334 e. The highest BCUT2D eigenvalue weighted by Crippen LogP contribution is 2.12. The van der Waals surface area contributed by atoms with Crippen LogP contribution >= 0.6 is 0 Å². The molecule has 7 heteroatoms. The standard InChI is InChI=1S/C11H15N3O4/c1-8-5-13(6-9(18-8)11(16)17)10(15)7-14-4-2-3-12-14/h2-4,8-9H,5-7H2,1H3,(H,16,17)/t8-,9?/m1/s1. The van der Waals surface area contributed by atoms with Crippen LogP contribution in [-0.4, -0.2) is 57.0 Å². The van der Waals surface area contributed by atoms with E-state index < -0.39 is 12.1 Å². The first-order valence-corrected chi connectivity index (χ1v) is 5.69. The molecule has 1 aliphatic heterocycles. The molecule has 1 N–H and O–H groups in total. The molecule has 2 atom stereocenters. The Balaban J connectivity index is 1.99. The van der Waals surface area contributed by atoms with Crippen molar-refractivity contribution in [3.05, 3.63) is 18.5 Å². The van der Waals surface area contributed by atoms with E-state index in [9.17, 15) is 9.59 Å². The van der Waals surface area contributed by atoms with Gasteiger partial charge in [-0.2, -0.15) is 5.10 Å². The normalized spacial score (nSPS) is 23.9. The van der Waals surface area contributed by atoms with E-state index in [1.54, 1.807) is 25.4 Å². The van der Waals surface area contributed by atoms with Crippen LogP contribution in [0.4, 0.5) is 0 Å². The van der Waals surface area contributed by atoms with Crippen molar-refractivity contribution in [3.63, 3.8) is 0 Å². The number of carbonyl (C=O) groups is 2. The summed E-state index contributed by atoms with van der Waals surface area (Å²) in [6, 6.07) is 1.73. The molecular weight excluding hydrogens is 238 g/mol. The molecule has 0 bridgehead atoms. The van der Waals surface area contributed by atoms with E-state index in [0.29, 0.717) is 6.54 Å². The number of hydrogen-bond acceptors (Lipinski definition) is 4. The molecule has 1 fully saturated rings. The maximum absolute atomic E-state index is 12.0. The summed E-state index contributed by atoms with van der Waals surface area (Å²) in [5.74, 6) is -1.20. The van der Waals surface area contributed by atoms with Crippen LogP contribution in [0.5, 0.6) is 0 Å². The molecule has 0 radical (unpaired) electrons. The topological polar surface area (TPSA) is 84.7 Å². The fourth-order valence-corrected chi connectivity index (χ4v) is 1.92. The second kappa shape index (κ2) is 5.18. The maximum Gasteiger partial charge on any atom is 0.334 e. The van der Waals surface area contributed by atoms with E-state index in [-0.39, 0.29) is 25.1 Å². The number of nitrogens with zero attached hydrogens (tertiary/aromatic N) is 3. The van der Waals surface area contributed by atoms with Crippen molar-refractivity contribution >= 4 is 11.9 Å². The Kier molecular flexibility index (Phi) is 3.61. The number of carbonyl (C=O) groups excluding carboxylic acids is 1. The minimum Gasteiger partial charge on any atom is -0.479 e. The molecule has 2 rings (SSSR count). The third-order valence-corrected chi connectivity index (χ3v) is 2.74. The molecule has 7 nitrogen and oxygen atoms in total. The number of aromatic nitrogens is 2. The van der Waals surface area contributed by atoms with Crippen LogP contribution in [0.3, 0.4) is 0 Å². The van der Waals surface area contributed by atoms with Crippen molar-refractivity contribution < 1.29 is 19.4 Å². The third-order valence-electron chi connectivity index (χ3n) is 2.74. The molecule has 1 aromatic heterocycles. The van der Waals surface area contributed by atoms with E-state index in [1.807, 2.05) is 0 Å². The second-order valence-corrected chi connectivity index (χ2v) is 4.28. The number of hydrogen-bond donors (Lipinski definition) is 1. The number of carboxylic acid groups (broad SMARTS) is 1. The van der Waals surface area contributed by atoms with Gasteiger partial charge in [0.1, 0.15) is 6.54 Å². The van der Waals surface area contributed by atoms with Crippen molar-refractivity contribution in [1.82, 2.24) is 14.7 Å². The SMILES string of the molecule is C[C@@H]1CN(C(=O)Cn2cccn2)CC(C(=O)O)O1. The van der Waals surface area contributed by atoms with Crippen LogP contribution in [0.15, 0.2) is 18.5 Å². The lowest BCUT2D eigenvalue weighted by Crippen LogP contribution is -2.52. The zero-order valence-corrected chi connectivity index (χ0v) is 10.0. The number of morpholine rings is 1. The van der Waals surface area contributed by atoms with Gasteiger partial charge in [-0.25, -0.2) is 4.79 Å². The fourth-order valence-electron chi connectivity index (χ4n) is 1.92. The molecular formula is C11H15N3O4. The summed E-state index contributed by atoms with van der Waals surface area (Å²) < 4.78 is 6.76. The number of carboxylic acids is 1. The van der Waals surface area contributed by atoms with Crippen molar-refractivity contribution in [2.75, 3.05) is 13.1 Å². The Labute approximate surface area is 104 Å². The van der Waals surface area contributed by atoms with E-state index in [2.05, 4.69) is 5.10 Å². The van der Waals surface area contributed by atoms with Gasteiger partial charge in [-0.3, -0.25) is 9.48 Å². The Morgan fingerprint density at radius 1 is 1.50 bits per heavy atom. The van der Waals surface area contributed by atoms with Gasteiger partial charge in [0.05, 0.1) is 12.6 Å². The van der Waals surface area contributed by atoms with Gasteiger partial charge in [0.25, 0.3) is 0 Å². The Morgan fingerprint density at radius 2 is 2.28 bits per heavy atom. The largest absolute Gasteiger partial charge is 0.479 e. The van der Waals surface area contributed by atoms with E-state index in [4.69, 9.17) is 9.84 Å². The molecule has 1 saturated heterocycles. The monoisotopic (exact) mass is 253 g/mol. The summed E-state index contributed by atoms with van der Waals surface area (Å²) in [6.45, 7) is 2.36. The van der Waals surface area contributed by atoms with E-state index >= 15 is 0 Å². The van der Waals surface area contributed by atoms with Crippen LogP contribution in [0, 0.1) is 0 Å². The molecule has 0 aromatic carbocycles. The quantitative estimate of drug-likeness (QED) is 0.791. The lowest BCUT2D eigenvalue weighted by Gasteiger charge is -2.34. The summed E-state index contributed by atoms with van der Waals surface area (Å²) in [5.41, 5.74) is 0. The molecule has 98 valence electrons. The average Bonchev–Trinajstić information content (AvgIpc) is 2.80. The molecule has 0 saturated carbocycles. The van der Waals surface area contributed by atoms with E-state index in [0.717, 1.165) is 0 Å². The third kappa shape index (κ3) is 2.86. The van der Waals surface area contributed by atoms with Crippen LogP contribution in [0.25, 0.3) is 0 Å². The molecule has 2 heterocycles. The van der Waals surface area contributed by atoms with Gasteiger partial charge in [0.2, 0.25) is 5.91 Å². The van der Waals surface area contributed by atoms with Crippen LogP contribution in [0.2, 0.25) is 0 Å². The molecule has 0 aliphatic carbocycles. The predicted octanol–water partition coefficient (Wildman–Crippen LogP) is -0.416. The molecule has 1 amide bonds. The lowest BCUT2D eigenvalue weighted by molar-refractivity contribution is -0.166. The maximum atomic E-state index is 12.0. The van der Waals surface area contributed by atoms with Crippen LogP contribution < -0.4 is 0 Å². The average molecular weight is 253 g/mol. The highest BCUT2D eigenvalue weighted by Gasteiger charge is 2.32. The van der Waals surface area contributed by atoms with Gasteiger partial charge in [0, 0.05) is 18.9 Å². The van der Waals surface area contributed by atoms with Gasteiger partial charge in [-0.15, -0.1) is 0 Å².